The fourth-order valence-electron chi connectivity index (χ4n) is 1.73. The first-order valence-electron chi connectivity index (χ1n) is 7.84. The van der Waals surface area contributed by atoms with Gasteiger partial charge in [-0.25, -0.2) is 0 Å². The number of furan rings is 1. The normalized spacial score (nSPS) is 11.4. The van der Waals surface area contributed by atoms with Gasteiger partial charge in [0.25, 0.3) is 0 Å². The lowest BCUT2D eigenvalue weighted by Gasteiger charge is -2.12. The van der Waals surface area contributed by atoms with Gasteiger partial charge in [0, 0.05) is 33.4 Å². The Morgan fingerprint density at radius 2 is 2.00 bits per heavy atom. The SMILES string of the molecule is CN=C(NCCCOCc1ccco1)NCCOCC(C)C.I. The van der Waals surface area contributed by atoms with E-state index in [9.17, 15) is 0 Å². The number of nitrogens with one attached hydrogen (secondary N) is 2. The summed E-state index contributed by atoms with van der Waals surface area (Å²) in [5.41, 5.74) is 0. The van der Waals surface area contributed by atoms with Crippen molar-refractivity contribution in [1.29, 1.82) is 0 Å². The first-order valence-corrected chi connectivity index (χ1v) is 7.84. The molecule has 0 aliphatic carbocycles. The molecule has 0 fully saturated rings. The van der Waals surface area contributed by atoms with Gasteiger partial charge in [-0.3, -0.25) is 4.99 Å². The van der Waals surface area contributed by atoms with Crippen LogP contribution >= 0.6 is 24.0 Å². The number of guanidine groups is 1. The Morgan fingerprint density at radius 1 is 1.22 bits per heavy atom. The van der Waals surface area contributed by atoms with Crippen molar-refractivity contribution in [3.63, 3.8) is 0 Å². The summed E-state index contributed by atoms with van der Waals surface area (Å²) < 4.78 is 16.2. The molecule has 134 valence electrons. The van der Waals surface area contributed by atoms with E-state index in [2.05, 4.69) is 29.5 Å². The minimum absolute atomic E-state index is 0. The van der Waals surface area contributed by atoms with Gasteiger partial charge in [0.2, 0.25) is 0 Å². The van der Waals surface area contributed by atoms with Crippen molar-refractivity contribution in [1.82, 2.24) is 10.6 Å². The van der Waals surface area contributed by atoms with Crippen LogP contribution in [0.2, 0.25) is 0 Å². The molecule has 0 radical (unpaired) electrons. The number of hydrogen-bond donors (Lipinski definition) is 2. The second-order valence-electron chi connectivity index (χ2n) is 5.38. The molecule has 23 heavy (non-hydrogen) atoms. The van der Waals surface area contributed by atoms with E-state index in [1.165, 1.54) is 0 Å². The summed E-state index contributed by atoms with van der Waals surface area (Å²) in [5.74, 6) is 2.21. The maximum absolute atomic E-state index is 5.51. The number of aliphatic imine (C=N–C) groups is 1. The van der Waals surface area contributed by atoms with Crippen LogP contribution in [-0.2, 0) is 16.1 Å². The Labute approximate surface area is 156 Å². The number of ether oxygens (including phenoxy) is 2. The summed E-state index contributed by atoms with van der Waals surface area (Å²) in [7, 11) is 1.76. The highest BCUT2D eigenvalue weighted by Gasteiger charge is 1.99. The zero-order chi connectivity index (χ0) is 16.0. The highest BCUT2D eigenvalue weighted by Crippen LogP contribution is 2.01. The zero-order valence-corrected chi connectivity index (χ0v) is 16.7. The van der Waals surface area contributed by atoms with Crippen molar-refractivity contribution in [3.8, 4) is 0 Å². The van der Waals surface area contributed by atoms with E-state index in [4.69, 9.17) is 13.9 Å². The molecule has 0 aliphatic heterocycles. The smallest absolute Gasteiger partial charge is 0.191 e. The third kappa shape index (κ3) is 12.3. The maximum atomic E-state index is 5.51. The van der Waals surface area contributed by atoms with Crippen LogP contribution in [0.15, 0.2) is 27.8 Å². The van der Waals surface area contributed by atoms with Gasteiger partial charge in [-0.2, -0.15) is 0 Å². The summed E-state index contributed by atoms with van der Waals surface area (Å²) in [6.07, 6.45) is 2.56. The molecule has 6 nitrogen and oxygen atoms in total. The van der Waals surface area contributed by atoms with Crippen molar-refractivity contribution in [2.75, 3.05) is 40.0 Å². The van der Waals surface area contributed by atoms with Gasteiger partial charge >= 0.3 is 0 Å². The van der Waals surface area contributed by atoms with Gasteiger partial charge in [0.05, 0.1) is 12.9 Å². The molecule has 0 aliphatic rings. The van der Waals surface area contributed by atoms with E-state index >= 15 is 0 Å². The van der Waals surface area contributed by atoms with Crippen LogP contribution in [0.25, 0.3) is 0 Å². The molecular weight excluding hydrogens is 409 g/mol. The average Bonchev–Trinajstić information content (AvgIpc) is 3.01. The summed E-state index contributed by atoms with van der Waals surface area (Å²) in [6, 6.07) is 3.77. The van der Waals surface area contributed by atoms with E-state index in [1.54, 1.807) is 13.3 Å². The molecular formula is C16H30IN3O3. The Bertz CT molecular complexity index is 397. The second kappa shape index (κ2) is 14.8. The number of hydrogen-bond acceptors (Lipinski definition) is 4. The maximum Gasteiger partial charge on any atom is 0.191 e. The van der Waals surface area contributed by atoms with Crippen molar-refractivity contribution < 1.29 is 13.9 Å². The van der Waals surface area contributed by atoms with Crippen LogP contribution in [0, 0.1) is 5.92 Å². The molecule has 0 saturated carbocycles. The summed E-state index contributed by atoms with van der Waals surface area (Å²) >= 11 is 0. The molecule has 0 bridgehead atoms. The van der Waals surface area contributed by atoms with Crippen LogP contribution in [-0.4, -0.2) is 45.9 Å². The van der Waals surface area contributed by atoms with Crippen molar-refractivity contribution in [3.05, 3.63) is 24.2 Å². The first kappa shape index (κ1) is 22.2. The van der Waals surface area contributed by atoms with Gasteiger partial charge in [0.1, 0.15) is 12.4 Å². The Hall–Kier alpha value is -0.800. The van der Waals surface area contributed by atoms with Gasteiger partial charge in [-0.1, -0.05) is 13.8 Å². The van der Waals surface area contributed by atoms with E-state index in [0.29, 0.717) is 25.7 Å². The predicted octanol–water partition coefficient (Wildman–Crippen LogP) is 2.64. The molecule has 1 heterocycles. The molecule has 0 spiro atoms. The standard InChI is InChI=1S/C16H29N3O3.HI/c1-14(2)12-21-11-8-19-16(17-3)18-7-5-9-20-13-15-6-4-10-22-15;/h4,6,10,14H,5,7-9,11-13H2,1-3H3,(H2,17,18,19);1H. The second-order valence-corrected chi connectivity index (χ2v) is 5.38. The lowest BCUT2D eigenvalue weighted by molar-refractivity contribution is 0.104. The van der Waals surface area contributed by atoms with Crippen LogP contribution in [0.3, 0.4) is 0 Å². The average molecular weight is 439 g/mol. The van der Waals surface area contributed by atoms with Gasteiger partial charge < -0.3 is 24.5 Å². The zero-order valence-electron chi connectivity index (χ0n) is 14.3. The van der Waals surface area contributed by atoms with Crippen molar-refractivity contribution >= 4 is 29.9 Å². The number of nitrogens with zero attached hydrogens (tertiary/aromatic N) is 1. The van der Waals surface area contributed by atoms with Gasteiger partial charge in [-0.15, -0.1) is 24.0 Å². The quantitative estimate of drug-likeness (QED) is 0.240. The highest BCUT2D eigenvalue weighted by atomic mass is 127. The third-order valence-corrected chi connectivity index (χ3v) is 2.80. The van der Waals surface area contributed by atoms with E-state index in [-0.39, 0.29) is 24.0 Å². The van der Waals surface area contributed by atoms with E-state index < -0.39 is 0 Å². The number of rotatable bonds is 11. The molecule has 1 aromatic rings. The summed E-state index contributed by atoms with van der Waals surface area (Å²) in [5, 5.41) is 6.46. The minimum Gasteiger partial charge on any atom is -0.467 e. The fourth-order valence-corrected chi connectivity index (χ4v) is 1.73. The molecule has 0 amide bonds. The van der Waals surface area contributed by atoms with E-state index in [0.717, 1.165) is 37.8 Å². The summed E-state index contributed by atoms with van der Waals surface area (Å²) in [6.45, 7) is 8.52. The Morgan fingerprint density at radius 3 is 2.65 bits per heavy atom. The van der Waals surface area contributed by atoms with Crippen LogP contribution in [0.1, 0.15) is 26.0 Å². The molecule has 0 atom stereocenters. The molecule has 0 aromatic carbocycles. The largest absolute Gasteiger partial charge is 0.467 e. The van der Waals surface area contributed by atoms with Crippen molar-refractivity contribution in [2.45, 2.75) is 26.9 Å². The molecule has 2 N–H and O–H groups in total. The molecule has 1 aromatic heterocycles. The fraction of sp³-hybridized carbons (Fsp3) is 0.688. The molecule has 7 heteroatoms. The topological polar surface area (TPSA) is 68.0 Å². The van der Waals surface area contributed by atoms with Gasteiger partial charge in [0.15, 0.2) is 5.96 Å². The lowest BCUT2D eigenvalue weighted by Crippen LogP contribution is -2.39. The highest BCUT2D eigenvalue weighted by molar-refractivity contribution is 14.0. The minimum atomic E-state index is 0. The first-order chi connectivity index (χ1) is 10.7. The van der Waals surface area contributed by atoms with Crippen LogP contribution < -0.4 is 10.6 Å². The van der Waals surface area contributed by atoms with Crippen molar-refractivity contribution in [2.24, 2.45) is 10.9 Å². The Balaban J connectivity index is 0.00000484. The monoisotopic (exact) mass is 439 g/mol. The van der Waals surface area contributed by atoms with Gasteiger partial charge in [-0.05, 0) is 24.5 Å². The molecule has 0 unspecified atom stereocenters. The molecule has 1 rings (SSSR count). The third-order valence-electron chi connectivity index (χ3n) is 2.80. The molecule has 0 saturated heterocycles. The van der Waals surface area contributed by atoms with Crippen LogP contribution in [0.5, 0.6) is 0 Å². The Kier molecular flexibility index (Phi) is 14.3. The number of halogens is 1. The van der Waals surface area contributed by atoms with Crippen LogP contribution in [0.4, 0.5) is 0 Å². The predicted molar refractivity (Wildman–Crippen MR) is 103 cm³/mol. The van der Waals surface area contributed by atoms with E-state index in [1.807, 2.05) is 12.1 Å². The lowest BCUT2D eigenvalue weighted by atomic mass is 10.2. The summed E-state index contributed by atoms with van der Waals surface area (Å²) in [4.78, 5) is 4.16.